The number of hydrogen-bond donors (Lipinski definition) is 1. The summed E-state index contributed by atoms with van der Waals surface area (Å²) in [5.74, 6) is 3.36. The average molecular weight is 413 g/mol. The summed E-state index contributed by atoms with van der Waals surface area (Å²) in [6.07, 6.45) is 0.876. The molecule has 0 atom stereocenters. The first-order chi connectivity index (χ1) is 14.7. The average Bonchev–Trinajstić information content (AvgIpc) is 2.81. The number of anilines is 1. The topological polar surface area (TPSA) is 58.6 Å². The molecule has 0 saturated carbocycles. The number of methoxy groups -OCH3 is 3. The van der Waals surface area contributed by atoms with Crippen molar-refractivity contribution in [1.29, 1.82) is 0 Å². The Morgan fingerprint density at radius 2 is 1.60 bits per heavy atom. The molecule has 7 heteroatoms. The standard InChI is InChI=1S/C23H32N4O3/c1-24-23(25-12-11-18-9-10-21(29-3)22(17-18)30-4)27-15-13-26(14-16-27)19-7-5-6-8-20(19)28-2/h5-10,17H,11-16H2,1-4H3,(H,24,25). The summed E-state index contributed by atoms with van der Waals surface area (Å²) in [5, 5.41) is 3.49. The van der Waals surface area contributed by atoms with E-state index in [9.17, 15) is 0 Å². The summed E-state index contributed by atoms with van der Waals surface area (Å²) in [4.78, 5) is 9.15. The number of hydrogen-bond acceptors (Lipinski definition) is 5. The van der Waals surface area contributed by atoms with E-state index in [0.29, 0.717) is 0 Å². The Bertz CT molecular complexity index is 848. The van der Waals surface area contributed by atoms with Crippen LogP contribution < -0.4 is 24.4 Å². The number of piperazine rings is 1. The number of nitrogens with one attached hydrogen (secondary N) is 1. The van der Waals surface area contributed by atoms with E-state index in [1.807, 2.05) is 31.3 Å². The molecule has 0 bridgehead atoms. The summed E-state index contributed by atoms with van der Waals surface area (Å²) >= 11 is 0. The van der Waals surface area contributed by atoms with E-state index in [0.717, 1.165) is 68.0 Å². The second kappa shape index (κ2) is 10.6. The molecule has 30 heavy (non-hydrogen) atoms. The first-order valence-corrected chi connectivity index (χ1v) is 10.2. The molecular weight excluding hydrogens is 380 g/mol. The Morgan fingerprint density at radius 1 is 0.900 bits per heavy atom. The van der Waals surface area contributed by atoms with Gasteiger partial charge in [0.2, 0.25) is 0 Å². The van der Waals surface area contributed by atoms with Gasteiger partial charge in [-0.3, -0.25) is 4.99 Å². The van der Waals surface area contributed by atoms with Gasteiger partial charge in [-0.15, -0.1) is 0 Å². The summed E-state index contributed by atoms with van der Waals surface area (Å²) < 4.78 is 16.2. The lowest BCUT2D eigenvalue weighted by molar-refractivity contribution is 0.354. The summed E-state index contributed by atoms with van der Waals surface area (Å²) in [5.41, 5.74) is 2.34. The lowest BCUT2D eigenvalue weighted by atomic mass is 10.1. The van der Waals surface area contributed by atoms with E-state index in [2.05, 4.69) is 38.3 Å². The highest BCUT2D eigenvalue weighted by molar-refractivity contribution is 5.80. The predicted molar refractivity (Wildman–Crippen MR) is 121 cm³/mol. The van der Waals surface area contributed by atoms with Crippen LogP contribution in [0.2, 0.25) is 0 Å². The van der Waals surface area contributed by atoms with Gasteiger partial charge in [0.25, 0.3) is 0 Å². The van der Waals surface area contributed by atoms with E-state index in [1.54, 1.807) is 21.3 Å². The first-order valence-electron chi connectivity index (χ1n) is 10.2. The highest BCUT2D eigenvalue weighted by Gasteiger charge is 2.21. The van der Waals surface area contributed by atoms with Crippen molar-refractivity contribution in [2.75, 3.05) is 66.0 Å². The third-order valence-electron chi connectivity index (χ3n) is 5.36. The van der Waals surface area contributed by atoms with E-state index in [4.69, 9.17) is 14.2 Å². The fourth-order valence-corrected chi connectivity index (χ4v) is 3.74. The number of aliphatic imine (C=N–C) groups is 1. The molecule has 1 N–H and O–H groups in total. The molecule has 2 aromatic rings. The third-order valence-corrected chi connectivity index (χ3v) is 5.36. The van der Waals surface area contributed by atoms with Gasteiger partial charge in [0.1, 0.15) is 5.75 Å². The first kappa shape index (κ1) is 21.6. The van der Waals surface area contributed by atoms with Crippen LogP contribution in [0, 0.1) is 0 Å². The van der Waals surface area contributed by atoms with Crippen LogP contribution in [0.1, 0.15) is 5.56 Å². The Hall–Kier alpha value is -3.09. The lowest BCUT2D eigenvalue weighted by Crippen LogP contribution is -2.52. The van der Waals surface area contributed by atoms with Crippen LogP contribution in [0.3, 0.4) is 0 Å². The van der Waals surface area contributed by atoms with Crippen molar-refractivity contribution in [2.45, 2.75) is 6.42 Å². The molecule has 1 saturated heterocycles. The van der Waals surface area contributed by atoms with E-state index in [1.165, 1.54) is 5.56 Å². The maximum Gasteiger partial charge on any atom is 0.193 e. The van der Waals surface area contributed by atoms with Crippen LogP contribution in [-0.4, -0.2) is 72.0 Å². The second-order valence-corrected chi connectivity index (χ2v) is 7.06. The third kappa shape index (κ3) is 5.09. The van der Waals surface area contributed by atoms with Crippen LogP contribution >= 0.6 is 0 Å². The highest BCUT2D eigenvalue weighted by Crippen LogP contribution is 2.29. The minimum absolute atomic E-state index is 0.748. The molecule has 7 nitrogen and oxygen atoms in total. The Morgan fingerprint density at radius 3 is 2.27 bits per heavy atom. The Kier molecular flexibility index (Phi) is 7.65. The number of rotatable bonds is 7. The van der Waals surface area contributed by atoms with Gasteiger partial charge in [-0.1, -0.05) is 18.2 Å². The molecule has 1 aliphatic heterocycles. The summed E-state index contributed by atoms with van der Waals surface area (Å²) in [6, 6.07) is 14.2. The van der Waals surface area contributed by atoms with Crippen molar-refractivity contribution in [3.8, 4) is 17.2 Å². The van der Waals surface area contributed by atoms with Crippen molar-refractivity contribution in [2.24, 2.45) is 4.99 Å². The number of guanidine groups is 1. The van der Waals surface area contributed by atoms with Gasteiger partial charge < -0.3 is 29.3 Å². The molecule has 162 valence electrons. The molecule has 0 amide bonds. The van der Waals surface area contributed by atoms with Gasteiger partial charge in [-0.05, 0) is 36.2 Å². The normalized spacial score (nSPS) is 14.5. The predicted octanol–water partition coefficient (Wildman–Crippen LogP) is 2.65. The van der Waals surface area contributed by atoms with Crippen LogP contribution in [0.25, 0.3) is 0 Å². The Balaban J connectivity index is 1.52. The van der Waals surface area contributed by atoms with Crippen molar-refractivity contribution >= 4 is 11.6 Å². The van der Waals surface area contributed by atoms with Crippen LogP contribution in [0.4, 0.5) is 5.69 Å². The molecule has 1 heterocycles. The largest absolute Gasteiger partial charge is 0.495 e. The maximum absolute atomic E-state index is 5.51. The van der Waals surface area contributed by atoms with Crippen molar-refractivity contribution in [3.05, 3.63) is 48.0 Å². The molecule has 0 spiro atoms. The fraction of sp³-hybridized carbons (Fsp3) is 0.435. The molecule has 0 unspecified atom stereocenters. The molecule has 0 radical (unpaired) electrons. The number of ether oxygens (including phenoxy) is 3. The smallest absolute Gasteiger partial charge is 0.193 e. The van der Waals surface area contributed by atoms with E-state index < -0.39 is 0 Å². The van der Waals surface area contributed by atoms with Crippen molar-refractivity contribution < 1.29 is 14.2 Å². The molecule has 0 aliphatic carbocycles. The van der Waals surface area contributed by atoms with Crippen LogP contribution in [0.5, 0.6) is 17.2 Å². The Labute approximate surface area is 179 Å². The number of para-hydroxylation sites is 2. The zero-order valence-electron chi connectivity index (χ0n) is 18.4. The van der Waals surface area contributed by atoms with Crippen LogP contribution in [0.15, 0.2) is 47.5 Å². The zero-order chi connectivity index (χ0) is 21.3. The molecular formula is C23H32N4O3. The van der Waals surface area contributed by atoms with Crippen molar-refractivity contribution in [1.82, 2.24) is 10.2 Å². The molecule has 1 fully saturated rings. The minimum atomic E-state index is 0.748. The maximum atomic E-state index is 5.51. The van der Waals surface area contributed by atoms with Gasteiger partial charge in [-0.25, -0.2) is 0 Å². The van der Waals surface area contributed by atoms with Crippen LogP contribution in [-0.2, 0) is 6.42 Å². The SMILES string of the molecule is CN=C(NCCc1ccc(OC)c(OC)c1)N1CCN(c2ccccc2OC)CC1. The van der Waals surface area contributed by atoms with Crippen molar-refractivity contribution in [3.63, 3.8) is 0 Å². The number of nitrogens with zero attached hydrogens (tertiary/aromatic N) is 3. The fourth-order valence-electron chi connectivity index (χ4n) is 3.74. The monoisotopic (exact) mass is 412 g/mol. The van der Waals surface area contributed by atoms with E-state index in [-0.39, 0.29) is 0 Å². The zero-order valence-corrected chi connectivity index (χ0v) is 18.4. The minimum Gasteiger partial charge on any atom is -0.495 e. The molecule has 1 aliphatic rings. The highest BCUT2D eigenvalue weighted by atomic mass is 16.5. The van der Waals surface area contributed by atoms with Gasteiger partial charge in [-0.2, -0.15) is 0 Å². The van der Waals surface area contributed by atoms with Gasteiger partial charge in [0.15, 0.2) is 17.5 Å². The lowest BCUT2D eigenvalue weighted by Gasteiger charge is -2.38. The molecule has 0 aromatic heterocycles. The molecule has 2 aromatic carbocycles. The van der Waals surface area contributed by atoms with E-state index >= 15 is 0 Å². The summed E-state index contributed by atoms with van der Waals surface area (Å²) in [7, 11) is 6.87. The quantitative estimate of drug-likeness (QED) is 0.557. The van der Waals surface area contributed by atoms with Gasteiger partial charge in [0.05, 0.1) is 27.0 Å². The second-order valence-electron chi connectivity index (χ2n) is 7.06. The number of benzene rings is 2. The summed E-state index contributed by atoms with van der Waals surface area (Å²) in [6.45, 7) is 4.48. The molecule has 3 rings (SSSR count). The van der Waals surface area contributed by atoms with Gasteiger partial charge in [0, 0.05) is 39.8 Å². The van der Waals surface area contributed by atoms with Gasteiger partial charge >= 0.3 is 0 Å².